The third-order valence-electron chi connectivity index (χ3n) is 12.2. The molecule has 6 heteroatoms. The average Bonchev–Trinajstić information content (AvgIpc) is 4.00. The Hall–Kier alpha value is -8.35. The van der Waals surface area contributed by atoms with E-state index in [0.29, 0.717) is 17.6 Å². The Kier molecular flexibility index (Phi) is 7.21. The van der Waals surface area contributed by atoms with Crippen LogP contribution in [0, 0.1) is 0 Å². The summed E-state index contributed by atoms with van der Waals surface area (Å²) >= 11 is 0. The topological polar surface area (TPSA) is 61.7 Å². The number of aromatic nitrogens is 5. The van der Waals surface area contributed by atoms with Crippen molar-refractivity contribution in [1.82, 2.24) is 24.1 Å². The van der Waals surface area contributed by atoms with E-state index >= 15 is 0 Å². The molecule has 0 radical (unpaired) electrons. The second-order valence-electron chi connectivity index (χ2n) is 15.6. The van der Waals surface area contributed by atoms with Gasteiger partial charge in [0.05, 0.1) is 16.6 Å². The van der Waals surface area contributed by atoms with E-state index in [1.807, 2.05) is 30.3 Å². The van der Waals surface area contributed by atoms with E-state index in [2.05, 4.69) is 179 Å². The molecule has 13 aromatic rings. The molecule has 13 rings (SSSR count). The molecule has 61 heavy (non-hydrogen) atoms. The highest BCUT2D eigenvalue weighted by atomic mass is 16.3. The molecule has 0 fully saturated rings. The van der Waals surface area contributed by atoms with Gasteiger partial charge in [-0.25, -0.2) is 4.98 Å². The molecule has 0 bridgehead atoms. The lowest BCUT2D eigenvalue weighted by Gasteiger charge is -2.13. The van der Waals surface area contributed by atoms with Crippen molar-refractivity contribution in [3.05, 3.63) is 200 Å². The first kappa shape index (κ1) is 33.6. The average molecular weight is 780 g/mol. The smallest absolute Gasteiger partial charge is 0.238 e. The molecule has 0 N–H and O–H groups in total. The number of fused-ring (bicyclic) bond motifs is 12. The van der Waals surface area contributed by atoms with Crippen LogP contribution < -0.4 is 0 Å². The van der Waals surface area contributed by atoms with Crippen molar-refractivity contribution in [1.29, 1.82) is 0 Å². The van der Waals surface area contributed by atoms with E-state index in [1.165, 1.54) is 16.2 Å². The van der Waals surface area contributed by atoms with Crippen molar-refractivity contribution < 1.29 is 4.42 Å². The highest BCUT2D eigenvalue weighted by molar-refractivity contribution is 6.26. The molecule has 284 valence electrons. The highest BCUT2D eigenvalue weighted by Crippen LogP contribution is 2.44. The van der Waals surface area contributed by atoms with Crippen LogP contribution in [0.4, 0.5) is 0 Å². The highest BCUT2D eigenvalue weighted by Gasteiger charge is 2.25. The summed E-state index contributed by atoms with van der Waals surface area (Å²) in [5.74, 6) is 1.70. The molecule has 0 saturated carbocycles. The van der Waals surface area contributed by atoms with Crippen LogP contribution >= 0.6 is 0 Å². The predicted octanol–water partition coefficient (Wildman–Crippen LogP) is 14.1. The minimum absolute atomic E-state index is 0.515. The van der Waals surface area contributed by atoms with Gasteiger partial charge in [-0.3, -0.25) is 4.57 Å². The quantitative estimate of drug-likeness (QED) is 0.175. The van der Waals surface area contributed by atoms with Gasteiger partial charge in [0.1, 0.15) is 5.52 Å². The first-order valence-electron chi connectivity index (χ1n) is 20.5. The lowest BCUT2D eigenvalue weighted by molar-refractivity contribution is 0.673. The second kappa shape index (κ2) is 13.1. The zero-order valence-electron chi connectivity index (χ0n) is 32.7. The van der Waals surface area contributed by atoms with E-state index < -0.39 is 0 Å². The molecule has 0 aliphatic heterocycles. The minimum Gasteiger partial charge on any atom is -0.452 e. The Morgan fingerprint density at radius 2 is 0.869 bits per heavy atom. The molecule has 0 aliphatic rings. The maximum atomic E-state index is 7.34. The minimum atomic E-state index is 0.515. The molecule has 4 heterocycles. The number of benzene rings is 9. The molecule has 0 amide bonds. The summed E-state index contributed by atoms with van der Waals surface area (Å²) in [6.07, 6.45) is 0. The van der Waals surface area contributed by atoms with Gasteiger partial charge in [0.2, 0.25) is 5.95 Å². The van der Waals surface area contributed by atoms with Gasteiger partial charge in [0.15, 0.2) is 22.8 Å². The standard InChI is InChI=1S/C55H33N5O/c1-3-16-35(17-4-1)39-21-9-10-24-46(39)54-56-53(36-18-5-2-6-19-36)57-55(58-54)60-48-26-14-12-23-41(48)43-30-32-45-44-31-29-42-40-22-11-13-25-47(40)59(49(42)51(44)61-52(45)50(43)60)38-28-27-34-15-7-8-20-37(34)33-38/h1-33H. The number of rotatable bonds is 5. The Morgan fingerprint density at radius 3 is 1.57 bits per heavy atom. The molecule has 0 unspecified atom stereocenters. The summed E-state index contributed by atoms with van der Waals surface area (Å²) in [6.45, 7) is 0. The zero-order chi connectivity index (χ0) is 40.0. The predicted molar refractivity (Wildman–Crippen MR) is 250 cm³/mol. The van der Waals surface area contributed by atoms with E-state index in [0.717, 1.165) is 88.1 Å². The van der Waals surface area contributed by atoms with Crippen molar-refractivity contribution in [3.63, 3.8) is 0 Å². The Morgan fingerprint density at radius 1 is 0.344 bits per heavy atom. The van der Waals surface area contributed by atoms with Crippen molar-refractivity contribution >= 4 is 76.3 Å². The fourth-order valence-corrected chi connectivity index (χ4v) is 9.43. The van der Waals surface area contributed by atoms with Crippen LogP contribution in [0.15, 0.2) is 205 Å². The second-order valence-corrected chi connectivity index (χ2v) is 15.6. The molecule has 0 saturated heterocycles. The molecule has 6 nitrogen and oxygen atoms in total. The van der Waals surface area contributed by atoms with Gasteiger partial charge in [-0.2, -0.15) is 9.97 Å². The normalized spacial score (nSPS) is 11.9. The molecule has 9 aromatic carbocycles. The Balaban J connectivity index is 1.14. The van der Waals surface area contributed by atoms with Gasteiger partial charge >= 0.3 is 0 Å². The SMILES string of the molecule is c1ccc(-c2nc(-c3ccccc3-c3ccccc3)nc(-n3c4ccccc4c4ccc5c6ccc7c8ccccc8n(-c8ccc9ccccc9c8)c7c6oc5c43)n2)cc1. The summed E-state index contributed by atoms with van der Waals surface area (Å²) in [6, 6.07) is 70.1. The van der Waals surface area contributed by atoms with Crippen LogP contribution in [0.3, 0.4) is 0 Å². The molecule has 4 aromatic heterocycles. The first-order valence-corrected chi connectivity index (χ1v) is 20.5. The largest absolute Gasteiger partial charge is 0.452 e. The lowest BCUT2D eigenvalue weighted by Crippen LogP contribution is -2.07. The maximum Gasteiger partial charge on any atom is 0.238 e. The number of furan rings is 1. The van der Waals surface area contributed by atoms with Crippen LogP contribution in [0.1, 0.15) is 0 Å². The van der Waals surface area contributed by atoms with Crippen molar-refractivity contribution in [2.24, 2.45) is 0 Å². The molecule has 0 aliphatic carbocycles. The van der Waals surface area contributed by atoms with Crippen molar-refractivity contribution in [2.45, 2.75) is 0 Å². The zero-order valence-corrected chi connectivity index (χ0v) is 32.7. The Bertz CT molecular complexity index is 3880. The number of nitrogens with zero attached hydrogens (tertiary/aromatic N) is 5. The summed E-state index contributed by atoms with van der Waals surface area (Å²) < 4.78 is 11.9. The molecular formula is C55H33N5O. The fraction of sp³-hybridized carbons (Fsp3) is 0. The van der Waals surface area contributed by atoms with Crippen molar-refractivity contribution in [2.75, 3.05) is 0 Å². The van der Waals surface area contributed by atoms with Crippen LogP contribution in [0.5, 0.6) is 0 Å². The van der Waals surface area contributed by atoms with Gasteiger partial charge in [-0.05, 0) is 58.3 Å². The molecular weight excluding hydrogens is 747 g/mol. The van der Waals surface area contributed by atoms with Crippen LogP contribution in [0.2, 0.25) is 0 Å². The first-order chi connectivity index (χ1) is 30.3. The maximum absolute atomic E-state index is 7.34. The monoisotopic (exact) mass is 779 g/mol. The summed E-state index contributed by atoms with van der Waals surface area (Å²) in [5.41, 5.74) is 10.7. The van der Waals surface area contributed by atoms with Gasteiger partial charge < -0.3 is 8.98 Å². The molecule has 0 atom stereocenters. The third kappa shape index (κ3) is 5.06. The number of hydrogen-bond donors (Lipinski definition) is 0. The van der Waals surface area contributed by atoms with Crippen LogP contribution in [0.25, 0.3) is 122 Å². The van der Waals surface area contributed by atoms with Crippen LogP contribution in [-0.2, 0) is 0 Å². The van der Waals surface area contributed by atoms with Crippen molar-refractivity contribution in [3.8, 4) is 45.5 Å². The number of para-hydroxylation sites is 2. The van der Waals surface area contributed by atoms with E-state index in [9.17, 15) is 0 Å². The third-order valence-corrected chi connectivity index (χ3v) is 12.2. The lowest BCUT2D eigenvalue weighted by atomic mass is 9.99. The fourth-order valence-electron chi connectivity index (χ4n) is 9.43. The van der Waals surface area contributed by atoms with Gasteiger partial charge in [0, 0.05) is 49.1 Å². The van der Waals surface area contributed by atoms with Crippen LogP contribution in [-0.4, -0.2) is 24.1 Å². The summed E-state index contributed by atoms with van der Waals surface area (Å²) in [5, 5.41) is 8.92. The summed E-state index contributed by atoms with van der Waals surface area (Å²) in [7, 11) is 0. The Labute approximate surface area is 349 Å². The van der Waals surface area contributed by atoms with E-state index in [1.54, 1.807) is 0 Å². The van der Waals surface area contributed by atoms with Gasteiger partial charge in [-0.15, -0.1) is 0 Å². The van der Waals surface area contributed by atoms with Gasteiger partial charge in [0.25, 0.3) is 0 Å². The number of hydrogen-bond acceptors (Lipinski definition) is 4. The van der Waals surface area contributed by atoms with E-state index in [4.69, 9.17) is 19.4 Å². The van der Waals surface area contributed by atoms with Gasteiger partial charge in [-0.1, -0.05) is 164 Å². The summed E-state index contributed by atoms with van der Waals surface area (Å²) in [4.78, 5) is 15.8. The van der Waals surface area contributed by atoms with E-state index in [-0.39, 0.29) is 0 Å². The molecule has 0 spiro atoms.